The van der Waals surface area contributed by atoms with E-state index in [4.69, 9.17) is 16.3 Å². The van der Waals surface area contributed by atoms with Gasteiger partial charge in [-0.2, -0.15) is 0 Å². The minimum absolute atomic E-state index is 0.741. The molecule has 0 saturated heterocycles. The topological polar surface area (TPSA) is 17.4 Å². The highest BCUT2D eigenvalue weighted by molar-refractivity contribution is 6.30. The monoisotopic (exact) mass is 368 g/mol. The Bertz CT molecular complexity index is 854. The first-order valence-electron chi connectivity index (χ1n) is 8.96. The van der Waals surface area contributed by atoms with E-state index in [1.54, 1.807) is 0 Å². The number of rotatable bonds is 9. The fourth-order valence-electron chi connectivity index (χ4n) is 3.02. The minimum Gasteiger partial charge on any atom is -0.494 e. The molecule has 0 aliphatic carbocycles. The molecule has 0 spiro atoms. The molecule has 0 unspecified atom stereocenters. The van der Waals surface area contributed by atoms with Gasteiger partial charge in [-0.3, -0.25) is 0 Å². The van der Waals surface area contributed by atoms with Gasteiger partial charge in [0.25, 0.3) is 0 Å². The van der Waals surface area contributed by atoms with Gasteiger partial charge in [0, 0.05) is 28.8 Å². The molecule has 26 heavy (non-hydrogen) atoms. The quantitative estimate of drug-likeness (QED) is 0.363. The van der Waals surface area contributed by atoms with Crippen molar-refractivity contribution in [3.8, 4) is 11.4 Å². The summed E-state index contributed by atoms with van der Waals surface area (Å²) in [6.45, 7) is 6.50. The number of ether oxygens (including phenoxy) is 1. The molecule has 0 aliphatic rings. The van der Waals surface area contributed by atoms with Crippen LogP contribution in [-0.2, 0) is 0 Å². The van der Waals surface area contributed by atoms with Crippen LogP contribution in [0.15, 0.2) is 67.4 Å². The summed E-state index contributed by atoms with van der Waals surface area (Å²) in [5, 5.41) is 1.92. The van der Waals surface area contributed by atoms with Gasteiger partial charge < -0.3 is 14.2 Å². The number of aromatic nitrogens is 1. The number of benzene rings is 2. The predicted molar refractivity (Wildman–Crippen MR) is 111 cm³/mol. The average molecular weight is 369 g/mol. The molecule has 0 amide bonds. The van der Waals surface area contributed by atoms with Crippen molar-refractivity contribution in [3.05, 3.63) is 72.4 Å². The molecule has 3 nitrogen and oxygen atoms in total. The van der Waals surface area contributed by atoms with E-state index >= 15 is 0 Å². The lowest BCUT2D eigenvalue weighted by Gasteiger charge is -2.14. The van der Waals surface area contributed by atoms with E-state index in [2.05, 4.69) is 47.5 Å². The third-order valence-corrected chi connectivity index (χ3v) is 4.66. The molecule has 0 bridgehead atoms. The minimum atomic E-state index is 0.741. The van der Waals surface area contributed by atoms with Crippen molar-refractivity contribution in [3.63, 3.8) is 0 Å². The molecule has 0 aliphatic heterocycles. The number of halogens is 1. The summed E-state index contributed by atoms with van der Waals surface area (Å²) in [5.74, 6) is 0.922. The highest BCUT2D eigenvalue weighted by Gasteiger charge is 2.05. The predicted octanol–water partition coefficient (Wildman–Crippen LogP) is 5.56. The van der Waals surface area contributed by atoms with Crippen molar-refractivity contribution in [2.45, 2.75) is 12.8 Å². The molecular weight excluding hydrogens is 344 g/mol. The van der Waals surface area contributed by atoms with Crippen LogP contribution in [0, 0.1) is 0 Å². The van der Waals surface area contributed by atoms with E-state index in [0.29, 0.717) is 0 Å². The third-order valence-electron chi connectivity index (χ3n) is 4.41. The molecule has 0 N–H and O–H groups in total. The molecule has 136 valence electrons. The molecule has 1 aromatic heterocycles. The highest BCUT2D eigenvalue weighted by atomic mass is 35.5. The molecule has 0 radical (unpaired) electrons. The maximum atomic E-state index is 5.98. The fourth-order valence-corrected chi connectivity index (χ4v) is 3.15. The Hall–Kier alpha value is -2.23. The molecule has 0 fully saturated rings. The van der Waals surface area contributed by atoms with Crippen molar-refractivity contribution in [1.82, 2.24) is 9.47 Å². The maximum Gasteiger partial charge on any atom is 0.120 e. The lowest BCUT2D eigenvalue weighted by molar-refractivity contribution is 0.288. The Morgan fingerprint density at radius 2 is 1.92 bits per heavy atom. The molecule has 3 rings (SSSR count). The fraction of sp³-hybridized carbons (Fsp3) is 0.273. The van der Waals surface area contributed by atoms with Gasteiger partial charge in [-0.1, -0.05) is 17.7 Å². The summed E-state index contributed by atoms with van der Waals surface area (Å²) in [4.78, 5) is 2.26. The molecule has 0 atom stereocenters. The number of nitrogens with zero attached hydrogens (tertiary/aromatic N) is 2. The lowest BCUT2D eigenvalue weighted by Crippen LogP contribution is -2.19. The largest absolute Gasteiger partial charge is 0.494 e. The van der Waals surface area contributed by atoms with Gasteiger partial charge in [-0.05, 0) is 75.0 Å². The molecule has 1 heterocycles. The van der Waals surface area contributed by atoms with Gasteiger partial charge >= 0.3 is 0 Å². The van der Waals surface area contributed by atoms with Crippen LogP contribution in [0.5, 0.6) is 5.75 Å². The summed E-state index contributed by atoms with van der Waals surface area (Å²) < 4.78 is 8.08. The van der Waals surface area contributed by atoms with E-state index in [1.807, 2.05) is 36.4 Å². The molecule has 4 heteroatoms. The van der Waals surface area contributed by atoms with Crippen LogP contribution in [0.4, 0.5) is 0 Å². The van der Waals surface area contributed by atoms with Gasteiger partial charge in [0.05, 0.1) is 12.1 Å². The van der Waals surface area contributed by atoms with E-state index in [0.717, 1.165) is 54.5 Å². The standard InChI is InChI=1S/C22H25ClN2O/c1-3-13-24(2)14-4-5-16-26-21-10-11-22-18(17-21)12-15-25(22)20-8-6-19(23)7-9-20/h3,6-12,15,17H,1,4-5,13-14,16H2,2H3. The Balaban J connectivity index is 1.58. The van der Waals surface area contributed by atoms with Crippen LogP contribution >= 0.6 is 11.6 Å². The van der Waals surface area contributed by atoms with Crippen LogP contribution in [0.1, 0.15) is 12.8 Å². The zero-order valence-electron chi connectivity index (χ0n) is 15.2. The third kappa shape index (κ3) is 4.69. The van der Waals surface area contributed by atoms with Crippen molar-refractivity contribution < 1.29 is 4.74 Å². The molecular formula is C22H25ClN2O. The van der Waals surface area contributed by atoms with Crippen LogP contribution < -0.4 is 4.74 Å². The second-order valence-corrected chi connectivity index (χ2v) is 6.93. The van der Waals surface area contributed by atoms with Crippen molar-refractivity contribution in [1.29, 1.82) is 0 Å². The van der Waals surface area contributed by atoms with E-state index in [9.17, 15) is 0 Å². The lowest BCUT2D eigenvalue weighted by atomic mass is 10.2. The van der Waals surface area contributed by atoms with Gasteiger partial charge in [-0.15, -0.1) is 6.58 Å². The zero-order valence-corrected chi connectivity index (χ0v) is 16.0. The Morgan fingerprint density at radius 3 is 2.69 bits per heavy atom. The van der Waals surface area contributed by atoms with E-state index in [1.165, 1.54) is 5.39 Å². The van der Waals surface area contributed by atoms with Crippen molar-refractivity contribution in [2.24, 2.45) is 0 Å². The normalized spacial score (nSPS) is 11.2. The number of likely N-dealkylation sites (N-methyl/N-ethyl adjacent to an activating group) is 1. The van der Waals surface area contributed by atoms with Crippen LogP contribution in [0.2, 0.25) is 5.02 Å². The number of hydrogen-bond donors (Lipinski definition) is 0. The SMILES string of the molecule is C=CCN(C)CCCCOc1ccc2c(ccn2-c2ccc(Cl)cc2)c1. The number of hydrogen-bond acceptors (Lipinski definition) is 2. The van der Waals surface area contributed by atoms with Gasteiger partial charge in [0.2, 0.25) is 0 Å². The Kier molecular flexibility index (Phi) is 6.37. The van der Waals surface area contributed by atoms with E-state index < -0.39 is 0 Å². The summed E-state index contributed by atoms with van der Waals surface area (Å²) in [6.07, 6.45) is 6.18. The first-order valence-corrected chi connectivity index (χ1v) is 9.34. The summed E-state index contributed by atoms with van der Waals surface area (Å²) in [7, 11) is 2.11. The first kappa shape index (κ1) is 18.6. The number of fused-ring (bicyclic) bond motifs is 1. The Morgan fingerprint density at radius 1 is 1.12 bits per heavy atom. The summed E-state index contributed by atoms with van der Waals surface area (Å²) >= 11 is 5.98. The van der Waals surface area contributed by atoms with Crippen molar-refractivity contribution >= 4 is 22.5 Å². The van der Waals surface area contributed by atoms with Crippen molar-refractivity contribution in [2.75, 3.05) is 26.7 Å². The number of unbranched alkanes of at least 4 members (excludes halogenated alkanes) is 1. The second-order valence-electron chi connectivity index (χ2n) is 6.49. The van der Waals surface area contributed by atoms with Gasteiger partial charge in [0.1, 0.15) is 5.75 Å². The maximum absolute atomic E-state index is 5.98. The van der Waals surface area contributed by atoms with E-state index in [-0.39, 0.29) is 0 Å². The summed E-state index contributed by atoms with van der Waals surface area (Å²) in [6, 6.07) is 16.2. The van der Waals surface area contributed by atoms with Crippen LogP contribution in [-0.4, -0.2) is 36.2 Å². The van der Waals surface area contributed by atoms with Gasteiger partial charge in [-0.25, -0.2) is 0 Å². The first-order chi connectivity index (χ1) is 12.7. The van der Waals surface area contributed by atoms with Gasteiger partial charge in [0.15, 0.2) is 0 Å². The molecule has 3 aromatic rings. The average Bonchev–Trinajstić information content (AvgIpc) is 3.05. The highest BCUT2D eigenvalue weighted by Crippen LogP contribution is 2.25. The smallest absolute Gasteiger partial charge is 0.120 e. The molecule has 2 aromatic carbocycles. The Labute approximate surface area is 160 Å². The zero-order chi connectivity index (χ0) is 18.4. The molecule has 0 saturated carbocycles. The van der Waals surface area contributed by atoms with Crippen LogP contribution in [0.25, 0.3) is 16.6 Å². The second kappa shape index (κ2) is 8.93. The summed E-state index contributed by atoms with van der Waals surface area (Å²) in [5.41, 5.74) is 2.26. The van der Waals surface area contributed by atoms with Crippen LogP contribution in [0.3, 0.4) is 0 Å².